The molecule has 1 aromatic rings. The van der Waals surface area contributed by atoms with E-state index >= 15 is 0 Å². The fourth-order valence-corrected chi connectivity index (χ4v) is 3.98. The number of hydrogen-bond acceptors (Lipinski definition) is 5. The summed E-state index contributed by atoms with van der Waals surface area (Å²) in [5, 5.41) is 1.54. The highest BCUT2D eigenvalue weighted by Gasteiger charge is 2.66. The number of rotatable bonds is 3. The van der Waals surface area contributed by atoms with E-state index in [4.69, 9.17) is 9.47 Å². The molecule has 3 fully saturated rings. The zero-order valence-electron chi connectivity index (χ0n) is 14.8. The highest BCUT2D eigenvalue weighted by Crippen LogP contribution is 2.44. The van der Waals surface area contributed by atoms with Crippen LogP contribution >= 0.6 is 0 Å². The standard InChI is InChI=1S/C18H23N3O4/c1-10(2)12-16(22)21(19-11-8-6-5-7-9-11)15-13-14(17(23)20(12)15)25-18(3,4)24-13/h5-10,12-15,19H,1-4H3/t12-,13-,14+,15-/m0/s1. The number of hydrazine groups is 1. The van der Waals surface area contributed by atoms with Crippen LogP contribution in [0.1, 0.15) is 27.7 Å². The number of ether oxygens (including phenoxy) is 2. The molecular weight excluding hydrogens is 322 g/mol. The average Bonchev–Trinajstić information content (AvgIpc) is 3.10. The lowest BCUT2D eigenvalue weighted by atomic mass is 10.0. The summed E-state index contributed by atoms with van der Waals surface area (Å²) in [6.45, 7) is 7.46. The van der Waals surface area contributed by atoms with Crippen molar-refractivity contribution in [3.8, 4) is 0 Å². The Kier molecular flexibility index (Phi) is 3.56. The smallest absolute Gasteiger partial charge is 0.266 e. The number of carbonyl (C=O) groups is 2. The van der Waals surface area contributed by atoms with Gasteiger partial charge >= 0.3 is 0 Å². The van der Waals surface area contributed by atoms with Crippen LogP contribution in [0, 0.1) is 5.92 Å². The number of amides is 2. The van der Waals surface area contributed by atoms with E-state index in [9.17, 15) is 9.59 Å². The van der Waals surface area contributed by atoms with Crippen LogP contribution in [0.5, 0.6) is 0 Å². The van der Waals surface area contributed by atoms with Crippen molar-refractivity contribution in [3.63, 3.8) is 0 Å². The van der Waals surface area contributed by atoms with Crippen molar-refractivity contribution in [1.82, 2.24) is 9.91 Å². The van der Waals surface area contributed by atoms with Crippen molar-refractivity contribution in [2.75, 3.05) is 5.43 Å². The van der Waals surface area contributed by atoms with E-state index in [1.54, 1.807) is 18.7 Å². The molecule has 0 radical (unpaired) electrons. The number of para-hydroxylation sites is 1. The Balaban J connectivity index is 1.71. The second-order valence-corrected chi connectivity index (χ2v) is 7.55. The van der Waals surface area contributed by atoms with E-state index in [2.05, 4.69) is 5.43 Å². The molecule has 0 aliphatic carbocycles. The predicted molar refractivity (Wildman–Crippen MR) is 90.0 cm³/mol. The first-order valence-corrected chi connectivity index (χ1v) is 8.63. The van der Waals surface area contributed by atoms with E-state index in [1.165, 1.54) is 5.01 Å². The van der Waals surface area contributed by atoms with Gasteiger partial charge in [-0.2, -0.15) is 0 Å². The summed E-state index contributed by atoms with van der Waals surface area (Å²) >= 11 is 0. The van der Waals surface area contributed by atoms with Gasteiger partial charge in [0.2, 0.25) is 0 Å². The first-order valence-electron chi connectivity index (χ1n) is 8.63. The third-order valence-corrected chi connectivity index (χ3v) is 4.92. The molecule has 0 saturated carbocycles. The molecule has 3 aliphatic rings. The molecule has 2 amide bonds. The minimum absolute atomic E-state index is 0.00615. The summed E-state index contributed by atoms with van der Waals surface area (Å²) < 4.78 is 11.8. The quantitative estimate of drug-likeness (QED) is 0.900. The second-order valence-electron chi connectivity index (χ2n) is 7.55. The summed E-state index contributed by atoms with van der Waals surface area (Å²) in [4.78, 5) is 27.6. The van der Waals surface area contributed by atoms with E-state index in [0.717, 1.165) is 5.69 Å². The summed E-state index contributed by atoms with van der Waals surface area (Å²) in [5.41, 5.74) is 3.95. The van der Waals surface area contributed by atoms with Crippen molar-refractivity contribution < 1.29 is 19.1 Å². The number of nitrogens with zero attached hydrogens (tertiary/aromatic N) is 2. The van der Waals surface area contributed by atoms with Gasteiger partial charge in [-0.05, 0) is 31.9 Å². The molecular formula is C18H23N3O4. The highest BCUT2D eigenvalue weighted by molar-refractivity contribution is 5.96. The van der Waals surface area contributed by atoms with Gasteiger partial charge in [0.25, 0.3) is 11.8 Å². The van der Waals surface area contributed by atoms with E-state index < -0.39 is 30.2 Å². The Morgan fingerprint density at radius 3 is 2.40 bits per heavy atom. The van der Waals surface area contributed by atoms with Gasteiger partial charge in [-0.25, -0.2) is 5.01 Å². The zero-order valence-corrected chi connectivity index (χ0v) is 14.8. The third kappa shape index (κ3) is 2.41. The number of fused-ring (bicyclic) bond motifs is 3. The lowest BCUT2D eigenvalue weighted by Gasteiger charge is -2.30. The van der Waals surface area contributed by atoms with Crippen LogP contribution in [0.4, 0.5) is 5.69 Å². The molecule has 3 heterocycles. The maximum Gasteiger partial charge on any atom is 0.266 e. The topological polar surface area (TPSA) is 71.1 Å². The second kappa shape index (κ2) is 5.44. The van der Waals surface area contributed by atoms with Crippen LogP contribution in [0.2, 0.25) is 0 Å². The maximum atomic E-state index is 13.0. The van der Waals surface area contributed by atoms with Crippen molar-refractivity contribution in [2.45, 2.75) is 57.9 Å². The fraction of sp³-hybridized carbons (Fsp3) is 0.556. The molecule has 0 aromatic heterocycles. The molecule has 7 nitrogen and oxygen atoms in total. The van der Waals surface area contributed by atoms with Gasteiger partial charge < -0.3 is 14.4 Å². The zero-order chi connectivity index (χ0) is 17.9. The Bertz CT molecular complexity index is 706. The van der Waals surface area contributed by atoms with Crippen LogP contribution in [0.25, 0.3) is 0 Å². The van der Waals surface area contributed by atoms with Crippen LogP contribution in [-0.4, -0.2) is 51.9 Å². The minimum Gasteiger partial charge on any atom is -0.340 e. The molecule has 1 N–H and O–H groups in total. The number of anilines is 1. The van der Waals surface area contributed by atoms with Crippen molar-refractivity contribution in [2.24, 2.45) is 5.92 Å². The molecule has 25 heavy (non-hydrogen) atoms. The number of benzene rings is 1. The average molecular weight is 345 g/mol. The van der Waals surface area contributed by atoms with Gasteiger partial charge in [-0.15, -0.1) is 0 Å². The Morgan fingerprint density at radius 1 is 1.08 bits per heavy atom. The molecule has 4 atom stereocenters. The van der Waals surface area contributed by atoms with Crippen molar-refractivity contribution in [3.05, 3.63) is 30.3 Å². The summed E-state index contributed by atoms with van der Waals surface area (Å²) in [5.74, 6) is -1.14. The van der Waals surface area contributed by atoms with Gasteiger partial charge in [0.15, 0.2) is 18.1 Å². The number of carbonyl (C=O) groups excluding carboxylic acids is 2. The number of nitrogens with one attached hydrogen (secondary N) is 1. The van der Waals surface area contributed by atoms with Crippen LogP contribution < -0.4 is 5.43 Å². The predicted octanol–water partition coefficient (Wildman–Crippen LogP) is 1.57. The van der Waals surface area contributed by atoms with E-state index in [1.807, 2.05) is 44.2 Å². The third-order valence-electron chi connectivity index (χ3n) is 4.92. The van der Waals surface area contributed by atoms with E-state index in [0.29, 0.717) is 0 Å². The largest absolute Gasteiger partial charge is 0.340 e. The first-order chi connectivity index (χ1) is 11.8. The molecule has 0 bridgehead atoms. The Morgan fingerprint density at radius 2 is 1.76 bits per heavy atom. The number of hydrogen-bond donors (Lipinski definition) is 1. The van der Waals surface area contributed by atoms with Gasteiger partial charge in [-0.1, -0.05) is 32.0 Å². The van der Waals surface area contributed by atoms with Gasteiger partial charge in [0.05, 0.1) is 5.69 Å². The monoisotopic (exact) mass is 345 g/mol. The first kappa shape index (κ1) is 16.4. The SMILES string of the molecule is CC(C)[C@H]1C(=O)N(Nc2ccccc2)[C@H]2[C@H]3OC(C)(C)O[C@H]3C(=O)N12. The van der Waals surface area contributed by atoms with Crippen LogP contribution in [-0.2, 0) is 19.1 Å². The molecule has 3 saturated heterocycles. The molecule has 1 aromatic carbocycles. The lowest BCUT2D eigenvalue weighted by Crippen LogP contribution is -2.48. The van der Waals surface area contributed by atoms with Crippen molar-refractivity contribution in [1.29, 1.82) is 0 Å². The summed E-state index contributed by atoms with van der Waals surface area (Å²) in [7, 11) is 0. The summed E-state index contributed by atoms with van der Waals surface area (Å²) in [6.07, 6.45) is -1.69. The van der Waals surface area contributed by atoms with Crippen LogP contribution in [0.3, 0.4) is 0 Å². The normalized spacial score (nSPS) is 33.2. The van der Waals surface area contributed by atoms with Crippen molar-refractivity contribution >= 4 is 17.5 Å². The summed E-state index contributed by atoms with van der Waals surface area (Å²) in [6, 6.07) is 8.93. The van der Waals surface area contributed by atoms with Gasteiger partial charge in [-0.3, -0.25) is 15.0 Å². The Hall–Kier alpha value is -2.12. The van der Waals surface area contributed by atoms with E-state index in [-0.39, 0.29) is 17.7 Å². The van der Waals surface area contributed by atoms with Crippen LogP contribution in [0.15, 0.2) is 30.3 Å². The van der Waals surface area contributed by atoms with Gasteiger partial charge in [0.1, 0.15) is 12.1 Å². The van der Waals surface area contributed by atoms with Gasteiger partial charge in [0, 0.05) is 0 Å². The molecule has 0 unspecified atom stereocenters. The molecule has 3 aliphatic heterocycles. The molecule has 4 rings (SSSR count). The Labute approximate surface area is 146 Å². The maximum absolute atomic E-state index is 13.0. The highest BCUT2D eigenvalue weighted by atomic mass is 16.8. The fourth-order valence-electron chi connectivity index (χ4n) is 3.98. The lowest BCUT2D eigenvalue weighted by molar-refractivity contribution is -0.176. The minimum atomic E-state index is -0.839. The molecule has 0 spiro atoms. The molecule has 7 heteroatoms. The molecule has 134 valence electrons.